The Kier molecular flexibility index (Phi) is 5.77. The first-order valence-electron chi connectivity index (χ1n) is 6.08. The van der Waals surface area contributed by atoms with Crippen molar-refractivity contribution in [2.24, 2.45) is 5.14 Å². The Hall–Kier alpha value is -2.26. The number of ether oxygens (including phenoxy) is 1. The molecule has 0 unspecified atom stereocenters. The van der Waals surface area contributed by atoms with E-state index in [0.717, 1.165) is 18.2 Å². The summed E-state index contributed by atoms with van der Waals surface area (Å²) in [5, 5.41) is 7.30. The first-order chi connectivity index (χ1) is 10.2. The molecule has 0 bridgehead atoms. The quantitative estimate of drug-likeness (QED) is 0.576. The van der Waals surface area contributed by atoms with E-state index in [1.807, 2.05) is 0 Å². The fourth-order valence-electron chi connectivity index (χ4n) is 1.43. The van der Waals surface area contributed by atoms with Gasteiger partial charge in [-0.15, -0.1) is 6.58 Å². The molecule has 7 nitrogen and oxygen atoms in total. The van der Waals surface area contributed by atoms with E-state index in [2.05, 4.69) is 11.9 Å². The molecule has 0 heterocycles. The Bertz CT molecular complexity index is 702. The number of benzene rings is 1. The lowest BCUT2D eigenvalue weighted by Gasteiger charge is -2.13. The van der Waals surface area contributed by atoms with Crippen LogP contribution in [-0.2, 0) is 19.6 Å². The lowest BCUT2D eigenvalue weighted by Crippen LogP contribution is -2.36. The average Bonchev–Trinajstić information content (AvgIpc) is 2.43. The van der Waals surface area contributed by atoms with Gasteiger partial charge < -0.3 is 10.1 Å². The van der Waals surface area contributed by atoms with E-state index in [0.29, 0.717) is 0 Å². The number of primary sulfonamides is 1. The third-order valence-electron chi connectivity index (χ3n) is 2.56. The lowest BCUT2D eigenvalue weighted by molar-refractivity contribution is -0.128. The summed E-state index contributed by atoms with van der Waals surface area (Å²) in [4.78, 5) is 22.9. The largest absolute Gasteiger partial charge is 0.449 e. The monoisotopic (exact) mass is 330 g/mol. The summed E-state index contributed by atoms with van der Waals surface area (Å²) in [5.74, 6) is -2.77. The number of esters is 1. The van der Waals surface area contributed by atoms with Crippen LogP contribution in [0.1, 0.15) is 17.3 Å². The molecule has 22 heavy (non-hydrogen) atoms. The van der Waals surface area contributed by atoms with Crippen LogP contribution in [0.2, 0.25) is 0 Å². The summed E-state index contributed by atoms with van der Waals surface area (Å²) in [5.41, 5.74) is -0.630. The average molecular weight is 330 g/mol. The van der Waals surface area contributed by atoms with E-state index >= 15 is 0 Å². The molecule has 0 fully saturated rings. The highest BCUT2D eigenvalue weighted by Gasteiger charge is 2.22. The molecule has 0 aliphatic rings. The van der Waals surface area contributed by atoms with E-state index in [9.17, 15) is 22.4 Å². The second kappa shape index (κ2) is 7.14. The van der Waals surface area contributed by atoms with Gasteiger partial charge in [0.15, 0.2) is 6.10 Å². The molecule has 1 amide bonds. The number of sulfonamides is 1. The smallest absolute Gasteiger partial charge is 0.341 e. The first kappa shape index (κ1) is 17.8. The number of halogens is 1. The number of hydrogen-bond acceptors (Lipinski definition) is 5. The van der Waals surface area contributed by atoms with Gasteiger partial charge in [0.05, 0.1) is 10.5 Å². The highest BCUT2D eigenvalue weighted by Crippen LogP contribution is 2.15. The van der Waals surface area contributed by atoms with Crippen molar-refractivity contribution in [3.8, 4) is 0 Å². The van der Waals surface area contributed by atoms with Crippen molar-refractivity contribution in [1.29, 1.82) is 0 Å². The summed E-state index contributed by atoms with van der Waals surface area (Å²) >= 11 is 0. The number of carbonyl (C=O) groups is 2. The molecule has 0 aliphatic carbocycles. The molecule has 1 rings (SSSR count). The van der Waals surface area contributed by atoms with E-state index in [1.54, 1.807) is 0 Å². The molecule has 1 aromatic rings. The van der Waals surface area contributed by atoms with Crippen LogP contribution in [0.5, 0.6) is 0 Å². The second-order valence-corrected chi connectivity index (χ2v) is 5.83. The highest BCUT2D eigenvalue weighted by atomic mass is 32.2. The van der Waals surface area contributed by atoms with Crippen LogP contribution in [0.3, 0.4) is 0 Å². The van der Waals surface area contributed by atoms with Crippen LogP contribution >= 0.6 is 0 Å². The van der Waals surface area contributed by atoms with Crippen LogP contribution in [0.15, 0.2) is 35.7 Å². The van der Waals surface area contributed by atoms with Gasteiger partial charge in [0.2, 0.25) is 10.0 Å². The molecule has 1 aromatic carbocycles. The number of nitrogens with one attached hydrogen (secondary N) is 1. The normalized spacial score (nSPS) is 12.3. The molecule has 120 valence electrons. The number of carbonyl (C=O) groups excluding carboxylic acids is 2. The number of hydrogen-bond donors (Lipinski definition) is 2. The Labute approximate surface area is 127 Å². The standard InChI is InChI=1S/C13H15FN2O5S/c1-3-6-16-12(17)8(2)21-13(18)10-7-9(22(15,19)20)4-5-11(10)14/h3-5,7-8H,1,6H2,2H3,(H,16,17)(H2,15,19,20)/t8-/m0/s1. The Morgan fingerprint density at radius 3 is 2.68 bits per heavy atom. The van der Waals surface area contributed by atoms with Crippen molar-refractivity contribution in [3.05, 3.63) is 42.2 Å². The number of nitrogens with two attached hydrogens (primary N) is 1. The summed E-state index contributed by atoms with van der Waals surface area (Å²) in [6.07, 6.45) is 0.242. The minimum atomic E-state index is -4.10. The van der Waals surface area contributed by atoms with Gasteiger partial charge in [0.25, 0.3) is 5.91 Å². The molecule has 3 N–H and O–H groups in total. The van der Waals surface area contributed by atoms with E-state index in [4.69, 9.17) is 9.88 Å². The minimum Gasteiger partial charge on any atom is -0.449 e. The van der Waals surface area contributed by atoms with Gasteiger partial charge >= 0.3 is 5.97 Å². The second-order valence-electron chi connectivity index (χ2n) is 4.27. The van der Waals surface area contributed by atoms with Gasteiger partial charge in [-0.3, -0.25) is 4.79 Å². The van der Waals surface area contributed by atoms with Crippen LogP contribution in [-0.4, -0.2) is 32.9 Å². The van der Waals surface area contributed by atoms with Crippen LogP contribution in [0.25, 0.3) is 0 Å². The maximum Gasteiger partial charge on any atom is 0.341 e. The molecule has 0 saturated carbocycles. The molecule has 0 saturated heterocycles. The summed E-state index contributed by atoms with van der Waals surface area (Å²) in [6.45, 7) is 4.87. The molecule has 0 aliphatic heterocycles. The maximum absolute atomic E-state index is 13.6. The van der Waals surface area contributed by atoms with Crippen molar-refractivity contribution in [3.63, 3.8) is 0 Å². The zero-order chi connectivity index (χ0) is 16.9. The maximum atomic E-state index is 13.6. The zero-order valence-electron chi connectivity index (χ0n) is 11.7. The number of amides is 1. The third kappa shape index (κ3) is 4.64. The van der Waals surface area contributed by atoms with Crippen molar-refractivity contribution in [1.82, 2.24) is 5.32 Å². The molecule has 0 aromatic heterocycles. The Morgan fingerprint density at radius 1 is 1.50 bits per heavy atom. The van der Waals surface area contributed by atoms with Crippen molar-refractivity contribution in [2.45, 2.75) is 17.9 Å². The zero-order valence-corrected chi connectivity index (χ0v) is 12.5. The summed E-state index contributed by atoms with van der Waals surface area (Å²) in [7, 11) is -4.10. The summed E-state index contributed by atoms with van der Waals surface area (Å²) < 4.78 is 40.8. The molecular formula is C13H15FN2O5S. The van der Waals surface area contributed by atoms with Crippen LogP contribution in [0.4, 0.5) is 4.39 Å². The van der Waals surface area contributed by atoms with Crippen molar-refractivity contribution in [2.75, 3.05) is 6.54 Å². The number of rotatable bonds is 6. The van der Waals surface area contributed by atoms with Crippen LogP contribution < -0.4 is 10.5 Å². The Morgan fingerprint density at radius 2 is 2.14 bits per heavy atom. The van der Waals surface area contributed by atoms with E-state index < -0.39 is 44.3 Å². The minimum absolute atomic E-state index is 0.177. The molecule has 1 atom stereocenters. The predicted molar refractivity (Wildman–Crippen MR) is 75.9 cm³/mol. The Balaban J connectivity index is 2.94. The van der Waals surface area contributed by atoms with Crippen molar-refractivity contribution < 1.29 is 27.1 Å². The molecule has 0 spiro atoms. The van der Waals surface area contributed by atoms with Gasteiger partial charge in [-0.1, -0.05) is 6.08 Å². The topological polar surface area (TPSA) is 116 Å². The summed E-state index contributed by atoms with van der Waals surface area (Å²) in [6, 6.07) is 2.45. The van der Waals surface area contributed by atoms with Crippen LogP contribution in [0, 0.1) is 5.82 Å². The lowest BCUT2D eigenvalue weighted by atomic mass is 10.2. The fraction of sp³-hybridized carbons (Fsp3) is 0.231. The SMILES string of the molecule is C=CCNC(=O)[C@H](C)OC(=O)c1cc(S(N)(=O)=O)ccc1F. The van der Waals surface area contributed by atoms with E-state index in [1.165, 1.54) is 13.0 Å². The third-order valence-corrected chi connectivity index (χ3v) is 3.47. The van der Waals surface area contributed by atoms with Gasteiger partial charge in [0.1, 0.15) is 5.82 Å². The highest BCUT2D eigenvalue weighted by molar-refractivity contribution is 7.89. The first-order valence-corrected chi connectivity index (χ1v) is 7.63. The van der Waals surface area contributed by atoms with Gasteiger partial charge in [-0.05, 0) is 25.1 Å². The van der Waals surface area contributed by atoms with Crippen molar-refractivity contribution >= 4 is 21.9 Å². The molecule has 9 heteroatoms. The van der Waals surface area contributed by atoms with Gasteiger partial charge in [-0.2, -0.15) is 0 Å². The fourth-order valence-corrected chi connectivity index (χ4v) is 1.97. The molecule has 0 radical (unpaired) electrons. The van der Waals surface area contributed by atoms with E-state index in [-0.39, 0.29) is 6.54 Å². The predicted octanol–water partition coefficient (Wildman–Crippen LogP) is 0.321. The van der Waals surface area contributed by atoms with Gasteiger partial charge in [-0.25, -0.2) is 22.7 Å². The molecular weight excluding hydrogens is 315 g/mol. The van der Waals surface area contributed by atoms with Gasteiger partial charge in [0, 0.05) is 6.54 Å².